The summed E-state index contributed by atoms with van der Waals surface area (Å²) in [7, 11) is 0. The van der Waals surface area contributed by atoms with Crippen molar-refractivity contribution in [3.63, 3.8) is 0 Å². The molecule has 0 unspecified atom stereocenters. The number of hydrogen-bond donors (Lipinski definition) is 1. The molecule has 26 heavy (non-hydrogen) atoms. The minimum atomic E-state index is -0.286. The number of amides is 1. The molecule has 0 spiro atoms. The fraction of sp³-hybridized carbons (Fsp3) is 0.421. The molecule has 7 heteroatoms. The van der Waals surface area contributed by atoms with Crippen molar-refractivity contribution in [2.45, 2.75) is 31.4 Å². The van der Waals surface area contributed by atoms with E-state index in [1.165, 1.54) is 12.4 Å². The molecule has 1 amide bonds. The zero-order valence-electron chi connectivity index (χ0n) is 14.4. The van der Waals surface area contributed by atoms with Gasteiger partial charge in [0, 0.05) is 42.9 Å². The molecule has 0 radical (unpaired) electrons. The number of rotatable bonds is 4. The molecule has 1 aliphatic heterocycles. The maximum atomic E-state index is 13.8. The van der Waals surface area contributed by atoms with Crippen LogP contribution in [0.2, 0.25) is 0 Å². The van der Waals surface area contributed by atoms with Crippen LogP contribution in [0, 0.1) is 5.82 Å². The highest BCUT2D eigenvalue weighted by Gasteiger charge is 2.31. The molecule has 2 aromatic rings. The second kappa shape index (κ2) is 6.99. The van der Waals surface area contributed by atoms with Gasteiger partial charge in [0.25, 0.3) is 0 Å². The van der Waals surface area contributed by atoms with Gasteiger partial charge in [0.15, 0.2) is 0 Å². The highest BCUT2D eigenvalue weighted by atomic mass is 19.1. The third-order valence-electron chi connectivity index (χ3n) is 5.17. The van der Waals surface area contributed by atoms with Crippen LogP contribution in [0.25, 0.3) is 0 Å². The number of aliphatic hydroxyl groups is 1. The van der Waals surface area contributed by atoms with Gasteiger partial charge in [-0.25, -0.2) is 14.4 Å². The van der Waals surface area contributed by atoms with Crippen LogP contribution in [0.5, 0.6) is 0 Å². The Kier molecular flexibility index (Phi) is 4.55. The highest BCUT2D eigenvalue weighted by molar-refractivity contribution is 5.82. The summed E-state index contributed by atoms with van der Waals surface area (Å²) in [6.45, 7) is 1.67. The molecule has 6 nitrogen and oxygen atoms in total. The van der Waals surface area contributed by atoms with Crippen molar-refractivity contribution in [3.05, 3.63) is 53.7 Å². The van der Waals surface area contributed by atoms with Gasteiger partial charge in [0.1, 0.15) is 18.0 Å². The lowest BCUT2D eigenvalue weighted by Crippen LogP contribution is -2.50. The van der Waals surface area contributed by atoms with Crippen molar-refractivity contribution < 1.29 is 14.3 Å². The Morgan fingerprint density at radius 2 is 2.00 bits per heavy atom. The summed E-state index contributed by atoms with van der Waals surface area (Å²) in [5, 5.41) is 9.47. The first-order valence-corrected chi connectivity index (χ1v) is 8.86. The summed E-state index contributed by atoms with van der Waals surface area (Å²) in [6, 6.07) is 8.45. The molecule has 2 heterocycles. The average Bonchev–Trinajstić information content (AvgIpc) is 2.62. The Morgan fingerprint density at radius 3 is 2.73 bits per heavy atom. The van der Waals surface area contributed by atoms with Gasteiger partial charge >= 0.3 is 0 Å². The minimum Gasteiger partial charge on any atom is -0.393 e. The van der Waals surface area contributed by atoms with Gasteiger partial charge in [0.2, 0.25) is 5.91 Å². The lowest BCUT2D eigenvalue weighted by atomic mass is 9.80. The summed E-state index contributed by atoms with van der Waals surface area (Å²) in [5.41, 5.74) is 1.45. The highest BCUT2D eigenvalue weighted by Crippen LogP contribution is 2.36. The standard InChI is InChI=1S/C19H21FN4O2/c20-16-4-2-1-3-13(16)10-24-6-5-23(11-19(24)26)18-9-17(21-12-22-18)14-7-15(25)8-14/h1-4,9,12,14-15,25H,5-8,10-11H2. The molecule has 4 rings (SSSR count). The van der Waals surface area contributed by atoms with Crippen molar-refractivity contribution in [1.82, 2.24) is 14.9 Å². The van der Waals surface area contributed by atoms with E-state index in [2.05, 4.69) is 9.97 Å². The number of carbonyl (C=O) groups excluding carboxylic acids is 1. The lowest BCUT2D eigenvalue weighted by Gasteiger charge is -2.36. The summed E-state index contributed by atoms with van der Waals surface area (Å²) in [4.78, 5) is 24.7. The monoisotopic (exact) mass is 356 g/mol. The molecule has 1 aromatic carbocycles. The van der Waals surface area contributed by atoms with Crippen molar-refractivity contribution >= 4 is 11.7 Å². The molecule has 1 saturated heterocycles. The molecule has 1 aliphatic carbocycles. The second-order valence-corrected chi connectivity index (χ2v) is 6.95. The van der Waals surface area contributed by atoms with E-state index in [4.69, 9.17) is 0 Å². The molecule has 2 aliphatic rings. The predicted molar refractivity (Wildman–Crippen MR) is 94.0 cm³/mol. The maximum Gasteiger partial charge on any atom is 0.242 e. The third kappa shape index (κ3) is 3.39. The van der Waals surface area contributed by atoms with Crippen LogP contribution in [0.1, 0.15) is 30.0 Å². The summed E-state index contributed by atoms with van der Waals surface area (Å²) >= 11 is 0. The normalized spacial score (nSPS) is 23.1. The van der Waals surface area contributed by atoms with E-state index >= 15 is 0 Å². The minimum absolute atomic E-state index is 0.0428. The van der Waals surface area contributed by atoms with Crippen LogP contribution in [0.4, 0.5) is 10.2 Å². The van der Waals surface area contributed by atoms with Gasteiger partial charge in [-0.05, 0) is 18.9 Å². The van der Waals surface area contributed by atoms with Crippen molar-refractivity contribution in [1.29, 1.82) is 0 Å². The molecule has 2 fully saturated rings. The Labute approximate surface area is 151 Å². The molecular weight excluding hydrogens is 335 g/mol. The topological polar surface area (TPSA) is 69.6 Å². The largest absolute Gasteiger partial charge is 0.393 e. The fourth-order valence-electron chi connectivity index (χ4n) is 3.49. The van der Waals surface area contributed by atoms with E-state index in [1.54, 1.807) is 23.1 Å². The molecule has 1 saturated carbocycles. The first kappa shape index (κ1) is 16.9. The Bertz CT molecular complexity index is 810. The number of benzene rings is 1. The zero-order chi connectivity index (χ0) is 18.1. The van der Waals surface area contributed by atoms with Crippen molar-refractivity contribution in [2.24, 2.45) is 0 Å². The summed E-state index contributed by atoms with van der Waals surface area (Å²) in [5.74, 6) is 0.671. The number of piperazine rings is 1. The quantitative estimate of drug-likeness (QED) is 0.903. The van der Waals surface area contributed by atoms with Gasteiger partial charge in [-0.3, -0.25) is 4.79 Å². The van der Waals surface area contributed by atoms with E-state index in [1.807, 2.05) is 11.0 Å². The van der Waals surface area contributed by atoms with Crippen LogP contribution in [-0.4, -0.2) is 51.6 Å². The third-order valence-corrected chi connectivity index (χ3v) is 5.17. The number of hydrogen-bond acceptors (Lipinski definition) is 5. The predicted octanol–water partition coefficient (Wildman–Crippen LogP) is 1.70. The van der Waals surface area contributed by atoms with Crippen LogP contribution in [0.15, 0.2) is 36.7 Å². The van der Waals surface area contributed by atoms with Crippen molar-refractivity contribution in [2.75, 3.05) is 24.5 Å². The average molecular weight is 356 g/mol. The second-order valence-electron chi connectivity index (χ2n) is 6.95. The Hall–Kier alpha value is -2.54. The lowest BCUT2D eigenvalue weighted by molar-refractivity contribution is -0.131. The Balaban J connectivity index is 1.41. The van der Waals surface area contributed by atoms with Crippen LogP contribution < -0.4 is 4.90 Å². The van der Waals surface area contributed by atoms with E-state index in [9.17, 15) is 14.3 Å². The van der Waals surface area contributed by atoms with Crippen LogP contribution in [-0.2, 0) is 11.3 Å². The van der Waals surface area contributed by atoms with E-state index < -0.39 is 0 Å². The van der Waals surface area contributed by atoms with Crippen LogP contribution in [0.3, 0.4) is 0 Å². The summed E-state index contributed by atoms with van der Waals surface area (Å²) < 4.78 is 13.8. The molecule has 0 bridgehead atoms. The Morgan fingerprint density at radius 1 is 1.19 bits per heavy atom. The molecule has 1 N–H and O–H groups in total. The molecule has 1 aromatic heterocycles. The number of aromatic nitrogens is 2. The zero-order valence-corrected chi connectivity index (χ0v) is 14.4. The molecular formula is C19H21FN4O2. The molecule has 136 valence electrons. The number of nitrogens with zero attached hydrogens (tertiary/aromatic N) is 4. The van der Waals surface area contributed by atoms with E-state index in [-0.39, 0.29) is 36.8 Å². The SMILES string of the molecule is O=C1CN(c2cc(C3CC(O)C3)ncn2)CCN1Cc1ccccc1F. The summed E-state index contributed by atoms with van der Waals surface area (Å²) in [6.07, 6.45) is 2.74. The van der Waals surface area contributed by atoms with E-state index in [0.717, 1.165) is 24.4 Å². The number of aliphatic hydroxyl groups excluding tert-OH is 1. The van der Waals surface area contributed by atoms with Crippen LogP contribution >= 0.6 is 0 Å². The smallest absolute Gasteiger partial charge is 0.242 e. The van der Waals surface area contributed by atoms with Gasteiger partial charge in [-0.1, -0.05) is 18.2 Å². The van der Waals surface area contributed by atoms with Crippen molar-refractivity contribution in [3.8, 4) is 0 Å². The maximum absolute atomic E-state index is 13.8. The number of halogens is 1. The van der Waals surface area contributed by atoms with Gasteiger partial charge in [-0.15, -0.1) is 0 Å². The first-order valence-electron chi connectivity index (χ1n) is 8.86. The molecule has 0 atom stereocenters. The van der Waals surface area contributed by atoms with E-state index in [0.29, 0.717) is 18.7 Å². The van der Waals surface area contributed by atoms with Gasteiger partial charge in [-0.2, -0.15) is 0 Å². The number of carbonyl (C=O) groups is 1. The first-order chi connectivity index (χ1) is 12.6. The number of anilines is 1. The van der Waals surface area contributed by atoms with Gasteiger partial charge < -0.3 is 14.9 Å². The van der Waals surface area contributed by atoms with Gasteiger partial charge in [0.05, 0.1) is 12.6 Å². The fourth-order valence-corrected chi connectivity index (χ4v) is 3.49.